The molecule has 0 aliphatic rings. The van der Waals surface area contributed by atoms with Crippen molar-refractivity contribution in [2.75, 3.05) is 0 Å². The van der Waals surface area contributed by atoms with Gasteiger partial charge in [0.1, 0.15) is 5.82 Å². The van der Waals surface area contributed by atoms with Crippen molar-refractivity contribution in [3.8, 4) is 0 Å². The van der Waals surface area contributed by atoms with Crippen LogP contribution in [0.25, 0.3) is 0 Å². The SMILES string of the molecule is O=c1cc(Cc2ccccc2)nc(Cc2ccccc2)[nH]1. The van der Waals surface area contributed by atoms with E-state index in [1.807, 2.05) is 60.7 Å². The van der Waals surface area contributed by atoms with Gasteiger partial charge >= 0.3 is 0 Å². The lowest BCUT2D eigenvalue weighted by atomic mass is 10.1. The molecule has 2 aromatic carbocycles. The quantitative estimate of drug-likeness (QED) is 0.796. The van der Waals surface area contributed by atoms with Crippen molar-refractivity contribution in [2.45, 2.75) is 12.8 Å². The molecule has 1 aromatic heterocycles. The van der Waals surface area contributed by atoms with Gasteiger partial charge in [0, 0.05) is 18.9 Å². The van der Waals surface area contributed by atoms with Gasteiger partial charge in [0.2, 0.25) is 0 Å². The minimum absolute atomic E-state index is 0.0955. The molecule has 104 valence electrons. The van der Waals surface area contributed by atoms with Gasteiger partial charge in [-0.1, -0.05) is 60.7 Å². The predicted octanol–water partition coefficient (Wildman–Crippen LogP) is 2.95. The minimum atomic E-state index is -0.0955. The van der Waals surface area contributed by atoms with Crippen molar-refractivity contribution >= 4 is 0 Å². The first-order valence-corrected chi connectivity index (χ1v) is 6.96. The third kappa shape index (κ3) is 3.66. The molecule has 0 aliphatic carbocycles. The van der Waals surface area contributed by atoms with E-state index in [-0.39, 0.29) is 5.56 Å². The largest absolute Gasteiger partial charge is 0.310 e. The Kier molecular flexibility index (Phi) is 3.92. The van der Waals surface area contributed by atoms with Crippen LogP contribution in [0.5, 0.6) is 0 Å². The highest BCUT2D eigenvalue weighted by Crippen LogP contribution is 2.08. The van der Waals surface area contributed by atoms with Gasteiger partial charge in [-0.2, -0.15) is 0 Å². The summed E-state index contributed by atoms with van der Waals surface area (Å²) in [4.78, 5) is 19.2. The molecule has 0 radical (unpaired) electrons. The number of aromatic amines is 1. The van der Waals surface area contributed by atoms with Gasteiger partial charge in [-0.25, -0.2) is 4.98 Å². The minimum Gasteiger partial charge on any atom is -0.310 e. The Labute approximate surface area is 123 Å². The molecule has 3 rings (SSSR count). The Morgan fingerprint density at radius 3 is 2.00 bits per heavy atom. The molecule has 1 N–H and O–H groups in total. The second kappa shape index (κ2) is 6.18. The molecule has 0 atom stereocenters. The Balaban J connectivity index is 1.85. The molecule has 0 bridgehead atoms. The molecule has 3 aromatic rings. The van der Waals surface area contributed by atoms with Crippen LogP contribution in [0.1, 0.15) is 22.6 Å². The van der Waals surface area contributed by atoms with E-state index in [1.54, 1.807) is 6.07 Å². The summed E-state index contributed by atoms with van der Waals surface area (Å²) in [5.41, 5.74) is 3.00. The average Bonchev–Trinajstić information content (AvgIpc) is 2.48. The van der Waals surface area contributed by atoms with E-state index in [0.29, 0.717) is 18.7 Å². The number of benzene rings is 2. The molecule has 0 fully saturated rings. The summed E-state index contributed by atoms with van der Waals surface area (Å²) < 4.78 is 0. The van der Waals surface area contributed by atoms with Crippen molar-refractivity contribution < 1.29 is 0 Å². The first-order chi connectivity index (χ1) is 10.3. The van der Waals surface area contributed by atoms with Crippen LogP contribution in [0.2, 0.25) is 0 Å². The summed E-state index contributed by atoms with van der Waals surface area (Å²) in [5.74, 6) is 0.708. The molecule has 0 amide bonds. The number of nitrogens with zero attached hydrogens (tertiary/aromatic N) is 1. The van der Waals surface area contributed by atoms with Gasteiger partial charge in [-0.3, -0.25) is 4.79 Å². The average molecular weight is 276 g/mol. The maximum atomic E-state index is 11.8. The smallest absolute Gasteiger partial charge is 0.251 e. The summed E-state index contributed by atoms with van der Waals surface area (Å²) in [6.45, 7) is 0. The van der Waals surface area contributed by atoms with Crippen LogP contribution in [-0.4, -0.2) is 9.97 Å². The third-order valence-electron chi connectivity index (χ3n) is 3.29. The van der Waals surface area contributed by atoms with Gasteiger partial charge in [0.25, 0.3) is 5.56 Å². The fourth-order valence-corrected chi connectivity index (χ4v) is 2.33. The van der Waals surface area contributed by atoms with Crippen LogP contribution in [-0.2, 0) is 12.8 Å². The number of rotatable bonds is 4. The van der Waals surface area contributed by atoms with Gasteiger partial charge in [0.05, 0.1) is 5.69 Å². The first-order valence-electron chi connectivity index (χ1n) is 6.96. The summed E-state index contributed by atoms with van der Waals surface area (Å²) in [7, 11) is 0. The van der Waals surface area contributed by atoms with Crippen molar-refractivity contribution in [2.24, 2.45) is 0 Å². The Hall–Kier alpha value is -2.68. The molecule has 0 unspecified atom stereocenters. The highest BCUT2D eigenvalue weighted by atomic mass is 16.1. The van der Waals surface area contributed by atoms with Gasteiger partial charge in [-0.05, 0) is 11.1 Å². The van der Waals surface area contributed by atoms with Crippen LogP contribution in [0.3, 0.4) is 0 Å². The lowest BCUT2D eigenvalue weighted by Gasteiger charge is -2.05. The molecule has 0 spiro atoms. The monoisotopic (exact) mass is 276 g/mol. The Morgan fingerprint density at radius 2 is 1.38 bits per heavy atom. The molecule has 0 saturated heterocycles. The van der Waals surface area contributed by atoms with Crippen LogP contribution in [0, 0.1) is 0 Å². The van der Waals surface area contributed by atoms with Crippen LogP contribution < -0.4 is 5.56 Å². The van der Waals surface area contributed by atoms with E-state index in [1.165, 1.54) is 0 Å². The van der Waals surface area contributed by atoms with Crippen LogP contribution in [0.4, 0.5) is 0 Å². The zero-order valence-corrected chi connectivity index (χ0v) is 11.6. The van der Waals surface area contributed by atoms with E-state index >= 15 is 0 Å². The van der Waals surface area contributed by atoms with Crippen LogP contribution >= 0.6 is 0 Å². The van der Waals surface area contributed by atoms with E-state index in [4.69, 9.17) is 0 Å². The second-order valence-corrected chi connectivity index (χ2v) is 5.01. The second-order valence-electron chi connectivity index (χ2n) is 5.01. The highest BCUT2D eigenvalue weighted by Gasteiger charge is 2.04. The van der Waals surface area contributed by atoms with E-state index < -0.39 is 0 Å². The predicted molar refractivity (Wildman–Crippen MR) is 83.4 cm³/mol. The van der Waals surface area contributed by atoms with Crippen molar-refractivity contribution in [1.82, 2.24) is 9.97 Å². The molecule has 0 aliphatic heterocycles. The zero-order chi connectivity index (χ0) is 14.5. The molecule has 21 heavy (non-hydrogen) atoms. The highest BCUT2D eigenvalue weighted by molar-refractivity contribution is 5.23. The van der Waals surface area contributed by atoms with E-state index in [2.05, 4.69) is 9.97 Å². The molecule has 3 nitrogen and oxygen atoms in total. The maximum absolute atomic E-state index is 11.8. The summed E-state index contributed by atoms with van der Waals surface area (Å²) in [6, 6.07) is 21.6. The number of H-pyrrole nitrogens is 1. The lowest BCUT2D eigenvalue weighted by Crippen LogP contribution is -2.13. The maximum Gasteiger partial charge on any atom is 0.251 e. The fraction of sp³-hybridized carbons (Fsp3) is 0.111. The number of aromatic nitrogens is 2. The summed E-state index contributed by atoms with van der Waals surface area (Å²) >= 11 is 0. The van der Waals surface area contributed by atoms with Crippen LogP contribution in [0.15, 0.2) is 71.5 Å². The molecular weight excluding hydrogens is 260 g/mol. The fourth-order valence-electron chi connectivity index (χ4n) is 2.33. The zero-order valence-electron chi connectivity index (χ0n) is 11.6. The number of hydrogen-bond acceptors (Lipinski definition) is 2. The van der Waals surface area contributed by atoms with Crippen molar-refractivity contribution in [3.05, 3.63) is 99.7 Å². The van der Waals surface area contributed by atoms with Crippen molar-refractivity contribution in [1.29, 1.82) is 0 Å². The molecule has 3 heteroatoms. The third-order valence-corrected chi connectivity index (χ3v) is 3.29. The van der Waals surface area contributed by atoms with E-state index in [9.17, 15) is 4.79 Å². The standard InChI is InChI=1S/C18H16N2O/c21-18-13-16(11-14-7-3-1-4-8-14)19-17(20-18)12-15-9-5-2-6-10-15/h1-10,13H,11-12H2,(H,19,20,21). The van der Waals surface area contributed by atoms with E-state index in [0.717, 1.165) is 16.8 Å². The lowest BCUT2D eigenvalue weighted by molar-refractivity contribution is 0.898. The summed E-state index contributed by atoms with van der Waals surface area (Å²) in [6.07, 6.45) is 1.31. The Morgan fingerprint density at radius 1 is 0.810 bits per heavy atom. The van der Waals surface area contributed by atoms with Gasteiger partial charge < -0.3 is 4.98 Å². The van der Waals surface area contributed by atoms with Gasteiger partial charge in [0.15, 0.2) is 0 Å². The number of nitrogens with one attached hydrogen (secondary N) is 1. The molecular formula is C18H16N2O. The summed E-state index contributed by atoms with van der Waals surface area (Å²) in [5, 5.41) is 0. The normalized spacial score (nSPS) is 10.5. The van der Waals surface area contributed by atoms with Gasteiger partial charge in [-0.15, -0.1) is 0 Å². The van der Waals surface area contributed by atoms with Crippen molar-refractivity contribution in [3.63, 3.8) is 0 Å². The molecule has 0 saturated carbocycles. The Bertz CT molecular complexity index is 701. The first kappa shape index (κ1) is 13.3. The topological polar surface area (TPSA) is 45.8 Å². The number of hydrogen-bond donors (Lipinski definition) is 1. The molecule has 1 heterocycles.